The largest absolute Gasteiger partial charge is 0.336 e. The fourth-order valence-corrected chi connectivity index (χ4v) is 1.65. The summed E-state index contributed by atoms with van der Waals surface area (Å²) in [6, 6.07) is 6.95. The molecule has 0 unspecified atom stereocenters. The Morgan fingerprint density at radius 1 is 1.53 bits per heavy atom. The molecule has 1 aromatic carbocycles. The normalized spacial score (nSPS) is 15.4. The average Bonchev–Trinajstić information content (AvgIpc) is 2.70. The fourth-order valence-electron chi connectivity index (χ4n) is 1.46. The third-order valence-corrected chi connectivity index (χ3v) is 2.42. The number of halogens is 1. The van der Waals surface area contributed by atoms with E-state index in [0.717, 1.165) is 19.5 Å². The molecule has 1 aromatic rings. The third-order valence-electron chi connectivity index (χ3n) is 2.18. The number of amides is 2. The third kappa shape index (κ3) is 2.61. The van der Waals surface area contributed by atoms with Crippen molar-refractivity contribution in [2.24, 2.45) is 0 Å². The number of hydrogen-bond donors (Lipinski definition) is 2. The average molecular weight is 226 g/mol. The molecule has 4 nitrogen and oxygen atoms in total. The van der Waals surface area contributed by atoms with E-state index in [9.17, 15) is 4.79 Å². The molecule has 1 aliphatic rings. The first kappa shape index (κ1) is 10.3. The molecule has 0 bridgehead atoms. The molecule has 1 aliphatic heterocycles. The summed E-state index contributed by atoms with van der Waals surface area (Å²) in [6.07, 6.45) is 0.989. The van der Waals surface area contributed by atoms with Crippen molar-refractivity contribution in [3.05, 3.63) is 29.3 Å². The molecule has 1 heterocycles. The van der Waals surface area contributed by atoms with Crippen LogP contribution in [0.1, 0.15) is 6.42 Å². The summed E-state index contributed by atoms with van der Waals surface area (Å²) in [5.74, 6) is 0. The van der Waals surface area contributed by atoms with E-state index in [1.165, 1.54) is 0 Å². The lowest BCUT2D eigenvalue weighted by atomic mass is 10.3. The van der Waals surface area contributed by atoms with Gasteiger partial charge in [0.05, 0.1) is 0 Å². The number of urea groups is 1. The summed E-state index contributed by atoms with van der Waals surface area (Å²) in [5, 5.41) is 4.95. The zero-order valence-electron chi connectivity index (χ0n) is 8.16. The molecule has 2 amide bonds. The van der Waals surface area contributed by atoms with Gasteiger partial charge in [0.2, 0.25) is 0 Å². The van der Waals surface area contributed by atoms with E-state index in [-0.39, 0.29) is 6.03 Å². The Labute approximate surface area is 93.2 Å². The number of hydrazine groups is 1. The molecule has 0 saturated carbocycles. The van der Waals surface area contributed by atoms with Gasteiger partial charge in [0.1, 0.15) is 0 Å². The van der Waals surface area contributed by atoms with Gasteiger partial charge in [0.15, 0.2) is 0 Å². The number of carbonyl (C=O) groups excluding carboxylic acids is 1. The highest BCUT2D eigenvalue weighted by Crippen LogP contribution is 2.15. The van der Waals surface area contributed by atoms with Gasteiger partial charge in [-0.2, -0.15) is 0 Å². The van der Waals surface area contributed by atoms with Crippen LogP contribution >= 0.6 is 11.6 Å². The molecule has 0 atom stereocenters. The fraction of sp³-hybridized carbons (Fsp3) is 0.300. The zero-order valence-corrected chi connectivity index (χ0v) is 8.92. The van der Waals surface area contributed by atoms with Crippen molar-refractivity contribution >= 4 is 23.3 Å². The van der Waals surface area contributed by atoms with E-state index in [2.05, 4.69) is 10.7 Å². The Bertz CT molecular complexity index is 363. The zero-order chi connectivity index (χ0) is 10.7. The first-order valence-corrected chi connectivity index (χ1v) is 5.21. The Balaban J connectivity index is 1.99. The van der Waals surface area contributed by atoms with Crippen LogP contribution < -0.4 is 10.7 Å². The van der Waals surface area contributed by atoms with Crippen LogP contribution in [-0.4, -0.2) is 24.1 Å². The van der Waals surface area contributed by atoms with Crippen LogP contribution in [0, 0.1) is 0 Å². The number of rotatable bonds is 1. The van der Waals surface area contributed by atoms with Gasteiger partial charge in [-0.25, -0.2) is 10.2 Å². The summed E-state index contributed by atoms with van der Waals surface area (Å²) >= 11 is 5.81. The lowest BCUT2D eigenvalue weighted by Gasteiger charge is -2.16. The predicted octanol–water partition coefficient (Wildman–Crippen LogP) is 2.08. The molecule has 5 heteroatoms. The first-order chi connectivity index (χ1) is 7.25. The van der Waals surface area contributed by atoms with Crippen LogP contribution in [0.25, 0.3) is 0 Å². The van der Waals surface area contributed by atoms with Crippen LogP contribution in [0.5, 0.6) is 0 Å². The molecule has 1 fully saturated rings. The Kier molecular flexibility index (Phi) is 3.08. The van der Waals surface area contributed by atoms with Gasteiger partial charge in [-0.05, 0) is 24.6 Å². The van der Waals surface area contributed by atoms with Crippen molar-refractivity contribution in [2.75, 3.05) is 18.4 Å². The van der Waals surface area contributed by atoms with E-state index >= 15 is 0 Å². The van der Waals surface area contributed by atoms with Gasteiger partial charge >= 0.3 is 6.03 Å². The lowest BCUT2D eigenvalue weighted by molar-refractivity contribution is 0.205. The van der Waals surface area contributed by atoms with Crippen molar-refractivity contribution in [1.82, 2.24) is 10.4 Å². The Morgan fingerprint density at radius 3 is 3.07 bits per heavy atom. The van der Waals surface area contributed by atoms with Crippen molar-refractivity contribution in [2.45, 2.75) is 6.42 Å². The minimum Gasteiger partial charge on any atom is -0.307 e. The second-order valence-corrected chi connectivity index (χ2v) is 3.79. The predicted molar refractivity (Wildman–Crippen MR) is 59.8 cm³/mol. The minimum absolute atomic E-state index is 0.144. The van der Waals surface area contributed by atoms with Crippen LogP contribution in [0.4, 0.5) is 10.5 Å². The van der Waals surface area contributed by atoms with Crippen molar-refractivity contribution < 1.29 is 4.79 Å². The number of nitrogens with one attached hydrogen (secondary N) is 2. The number of benzene rings is 1. The number of hydrogen-bond acceptors (Lipinski definition) is 2. The van der Waals surface area contributed by atoms with Crippen molar-refractivity contribution in [3.63, 3.8) is 0 Å². The van der Waals surface area contributed by atoms with E-state index < -0.39 is 0 Å². The molecule has 0 radical (unpaired) electrons. The maximum absolute atomic E-state index is 11.6. The van der Waals surface area contributed by atoms with E-state index in [4.69, 9.17) is 11.6 Å². The molecule has 15 heavy (non-hydrogen) atoms. The summed E-state index contributed by atoms with van der Waals surface area (Å²) in [7, 11) is 0. The molecule has 0 aromatic heterocycles. The molecule has 1 saturated heterocycles. The maximum atomic E-state index is 11.6. The maximum Gasteiger partial charge on any atom is 0.336 e. The second-order valence-electron chi connectivity index (χ2n) is 3.35. The van der Waals surface area contributed by atoms with Crippen molar-refractivity contribution in [1.29, 1.82) is 0 Å². The number of anilines is 1. The SMILES string of the molecule is O=C(Nc1cccc(Cl)c1)N1CCCN1. The summed E-state index contributed by atoms with van der Waals surface area (Å²) < 4.78 is 0. The number of carbonyl (C=O) groups is 1. The topological polar surface area (TPSA) is 44.4 Å². The summed E-state index contributed by atoms with van der Waals surface area (Å²) in [4.78, 5) is 11.6. The van der Waals surface area contributed by atoms with Crippen LogP contribution in [-0.2, 0) is 0 Å². The highest BCUT2D eigenvalue weighted by atomic mass is 35.5. The molecular weight excluding hydrogens is 214 g/mol. The molecule has 0 spiro atoms. The highest BCUT2D eigenvalue weighted by Gasteiger charge is 2.17. The van der Waals surface area contributed by atoms with Gasteiger partial charge in [-0.15, -0.1) is 0 Å². The summed E-state index contributed by atoms with van der Waals surface area (Å²) in [6.45, 7) is 1.59. The monoisotopic (exact) mass is 225 g/mol. The van der Waals surface area contributed by atoms with Gasteiger partial charge < -0.3 is 5.32 Å². The Morgan fingerprint density at radius 2 is 2.40 bits per heavy atom. The summed E-state index contributed by atoms with van der Waals surface area (Å²) in [5.41, 5.74) is 3.69. The quantitative estimate of drug-likeness (QED) is 0.769. The van der Waals surface area contributed by atoms with Gasteiger partial charge in [0.25, 0.3) is 0 Å². The van der Waals surface area contributed by atoms with Crippen LogP contribution in [0.15, 0.2) is 24.3 Å². The van der Waals surface area contributed by atoms with Gasteiger partial charge in [0, 0.05) is 23.8 Å². The Hall–Kier alpha value is -1.26. The standard InChI is InChI=1S/C10H12ClN3O/c11-8-3-1-4-9(7-8)13-10(15)14-6-2-5-12-14/h1,3-4,7,12H,2,5-6H2,(H,13,15). The highest BCUT2D eigenvalue weighted by molar-refractivity contribution is 6.30. The van der Waals surface area contributed by atoms with Crippen LogP contribution in [0.2, 0.25) is 5.02 Å². The lowest BCUT2D eigenvalue weighted by Crippen LogP contribution is -2.39. The molecule has 80 valence electrons. The van der Waals surface area contributed by atoms with Gasteiger partial charge in [-0.3, -0.25) is 5.01 Å². The minimum atomic E-state index is -0.144. The van der Waals surface area contributed by atoms with E-state index in [0.29, 0.717) is 10.7 Å². The second kappa shape index (κ2) is 4.51. The van der Waals surface area contributed by atoms with Gasteiger partial charge in [-0.1, -0.05) is 17.7 Å². The van der Waals surface area contributed by atoms with E-state index in [1.54, 1.807) is 29.3 Å². The molecule has 0 aliphatic carbocycles. The molecule has 2 N–H and O–H groups in total. The number of nitrogens with zero attached hydrogens (tertiary/aromatic N) is 1. The smallest absolute Gasteiger partial charge is 0.307 e. The molecule has 2 rings (SSSR count). The van der Waals surface area contributed by atoms with Crippen LogP contribution in [0.3, 0.4) is 0 Å². The first-order valence-electron chi connectivity index (χ1n) is 4.83. The molecular formula is C10H12ClN3O. The van der Waals surface area contributed by atoms with E-state index in [1.807, 2.05) is 0 Å². The van der Waals surface area contributed by atoms with Crippen molar-refractivity contribution in [3.8, 4) is 0 Å².